The summed E-state index contributed by atoms with van der Waals surface area (Å²) in [5, 5.41) is 3.24. The predicted molar refractivity (Wildman–Crippen MR) is 166 cm³/mol. The molecule has 236 valence electrons. The Balaban J connectivity index is 4.22. The van der Waals surface area contributed by atoms with Crippen LogP contribution in [0.3, 0.4) is 0 Å². The predicted octanol–water partition coefficient (Wildman–Crippen LogP) is 2.91. The molecule has 0 bridgehead atoms. The first kappa shape index (κ1) is 38.2. The van der Waals surface area contributed by atoms with Crippen LogP contribution in [0.25, 0.3) is 0 Å². The highest BCUT2D eigenvalue weighted by Crippen LogP contribution is 2.15. The summed E-state index contributed by atoms with van der Waals surface area (Å²) in [5.41, 5.74) is 22.3. The zero-order valence-electron chi connectivity index (χ0n) is 25.6. The lowest BCUT2D eigenvalue weighted by Crippen LogP contribution is -2.31. The van der Waals surface area contributed by atoms with Crippen LogP contribution in [0.4, 0.5) is 0 Å². The third-order valence-corrected chi connectivity index (χ3v) is 7.20. The highest BCUT2D eigenvalue weighted by Gasteiger charge is 2.17. The Labute approximate surface area is 247 Å². The van der Waals surface area contributed by atoms with Crippen molar-refractivity contribution in [3.8, 4) is 0 Å². The highest BCUT2D eigenvalue weighted by atomic mass is 16.2. The van der Waals surface area contributed by atoms with E-state index >= 15 is 0 Å². The number of unbranched alkanes of at least 4 members (excludes halogenated alkanes) is 10. The van der Waals surface area contributed by atoms with Gasteiger partial charge >= 0.3 is 0 Å². The molecule has 0 fully saturated rings. The fourth-order valence-corrected chi connectivity index (χ4v) is 4.78. The minimum Gasteiger partial charge on any atom is -0.370 e. The molecule has 0 spiro atoms. The van der Waals surface area contributed by atoms with Gasteiger partial charge in [-0.15, -0.1) is 0 Å². The van der Waals surface area contributed by atoms with E-state index in [2.05, 4.69) is 15.3 Å². The number of amides is 4. The molecule has 0 saturated carbocycles. The van der Waals surface area contributed by atoms with Gasteiger partial charge in [0.2, 0.25) is 11.8 Å². The summed E-state index contributed by atoms with van der Waals surface area (Å²) in [7, 11) is 0. The Morgan fingerprint density at radius 1 is 0.537 bits per heavy atom. The van der Waals surface area contributed by atoms with Crippen molar-refractivity contribution in [1.29, 1.82) is 0 Å². The molecule has 0 heterocycles. The molecule has 0 aromatic heterocycles. The van der Waals surface area contributed by atoms with Crippen LogP contribution >= 0.6 is 0 Å². The number of nitrogens with zero attached hydrogens (tertiary/aromatic N) is 2. The number of nitrogens with two attached hydrogens (primary N) is 4. The van der Waals surface area contributed by atoms with E-state index in [1.165, 1.54) is 0 Å². The Kier molecular flexibility index (Phi) is 23.2. The number of hydrogen-bond acceptors (Lipinski definition) is 7. The number of carbonyl (C=O) groups is 4. The van der Waals surface area contributed by atoms with Gasteiger partial charge in [0.05, 0.1) is 13.1 Å². The lowest BCUT2D eigenvalue weighted by Gasteiger charge is -2.13. The quantitative estimate of drug-likeness (QED) is 0.0697. The summed E-state index contributed by atoms with van der Waals surface area (Å²) in [6.07, 6.45) is 14.8. The lowest BCUT2D eigenvalue weighted by molar-refractivity contribution is -0.119. The van der Waals surface area contributed by atoms with Crippen LogP contribution in [0, 0.1) is 11.8 Å². The van der Waals surface area contributed by atoms with Crippen LogP contribution in [0.15, 0.2) is 9.98 Å². The summed E-state index contributed by atoms with van der Waals surface area (Å²) in [6.45, 7) is 5.99. The summed E-state index contributed by atoms with van der Waals surface area (Å²) < 4.78 is 0. The maximum atomic E-state index is 11.9. The second-order valence-corrected chi connectivity index (χ2v) is 11.1. The second kappa shape index (κ2) is 24.9. The third-order valence-electron chi connectivity index (χ3n) is 7.20. The molecule has 9 N–H and O–H groups in total. The zero-order valence-corrected chi connectivity index (χ0v) is 25.6. The largest absolute Gasteiger partial charge is 0.370 e. The fourth-order valence-electron chi connectivity index (χ4n) is 4.78. The van der Waals surface area contributed by atoms with Gasteiger partial charge in [-0.2, -0.15) is 0 Å². The average molecular weight is 580 g/mol. The van der Waals surface area contributed by atoms with Gasteiger partial charge in [0, 0.05) is 37.8 Å². The number of aliphatic imine (C=N–C) groups is 2. The van der Waals surface area contributed by atoms with Crippen LogP contribution < -0.4 is 28.3 Å². The molecule has 0 rings (SSSR count). The Morgan fingerprint density at radius 2 is 0.854 bits per heavy atom. The Bertz CT molecular complexity index is 764. The molecule has 41 heavy (non-hydrogen) atoms. The van der Waals surface area contributed by atoms with E-state index in [1.54, 1.807) is 0 Å². The first-order valence-electron chi connectivity index (χ1n) is 15.5. The molecule has 0 aliphatic carbocycles. The van der Waals surface area contributed by atoms with Gasteiger partial charge in [0.1, 0.15) is 11.4 Å². The molecule has 11 heteroatoms. The molecule has 0 saturated heterocycles. The van der Waals surface area contributed by atoms with Crippen LogP contribution in [-0.4, -0.2) is 61.2 Å². The minimum absolute atomic E-state index is 0.00778. The van der Waals surface area contributed by atoms with E-state index in [-0.39, 0.29) is 23.7 Å². The highest BCUT2D eigenvalue weighted by molar-refractivity contribution is 6.39. The minimum atomic E-state index is -0.475. The monoisotopic (exact) mass is 579 g/mol. The van der Waals surface area contributed by atoms with Crippen molar-refractivity contribution in [2.45, 2.75) is 117 Å². The summed E-state index contributed by atoms with van der Waals surface area (Å²) >= 11 is 0. The normalized spacial score (nSPS) is 13.6. The molecule has 11 nitrogen and oxygen atoms in total. The summed E-state index contributed by atoms with van der Waals surface area (Å²) in [4.78, 5) is 54.2. The van der Waals surface area contributed by atoms with Crippen molar-refractivity contribution in [3.63, 3.8) is 0 Å². The number of hydrogen-bond donors (Lipinski definition) is 5. The van der Waals surface area contributed by atoms with E-state index in [9.17, 15) is 19.2 Å². The molecule has 0 aliphatic heterocycles. The second-order valence-electron chi connectivity index (χ2n) is 11.1. The lowest BCUT2D eigenvalue weighted by atomic mass is 9.96. The van der Waals surface area contributed by atoms with E-state index in [0.717, 1.165) is 89.9 Å². The first-order chi connectivity index (χ1) is 19.6. The molecule has 0 radical (unpaired) electrons. The van der Waals surface area contributed by atoms with Gasteiger partial charge in [-0.3, -0.25) is 29.2 Å². The topological polar surface area (TPSA) is 209 Å². The van der Waals surface area contributed by atoms with Crippen molar-refractivity contribution in [3.05, 3.63) is 0 Å². The van der Waals surface area contributed by atoms with Crippen molar-refractivity contribution in [2.24, 2.45) is 44.8 Å². The van der Waals surface area contributed by atoms with Crippen LogP contribution in [0.2, 0.25) is 0 Å². The first-order valence-corrected chi connectivity index (χ1v) is 15.5. The van der Waals surface area contributed by atoms with Crippen LogP contribution in [0.1, 0.15) is 117 Å². The van der Waals surface area contributed by atoms with Crippen molar-refractivity contribution in [1.82, 2.24) is 5.32 Å². The zero-order chi connectivity index (χ0) is 30.9. The molecule has 0 aromatic rings. The Hall–Kier alpha value is -2.82. The van der Waals surface area contributed by atoms with Gasteiger partial charge in [-0.1, -0.05) is 78.1 Å². The van der Waals surface area contributed by atoms with Crippen LogP contribution in [-0.2, 0) is 19.2 Å². The van der Waals surface area contributed by atoms with Crippen molar-refractivity contribution < 1.29 is 19.2 Å². The molecule has 0 aromatic carbocycles. The van der Waals surface area contributed by atoms with Gasteiger partial charge in [-0.05, 0) is 25.7 Å². The van der Waals surface area contributed by atoms with Gasteiger partial charge in [-0.25, -0.2) is 0 Å². The number of primary amides is 4. The number of rotatable bonds is 28. The molecular weight excluding hydrogens is 522 g/mol. The smallest absolute Gasteiger partial charge is 0.262 e. The summed E-state index contributed by atoms with van der Waals surface area (Å²) in [5.74, 6) is -1.42. The summed E-state index contributed by atoms with van der Waals surface area (Å²) in [6, 6.07) is 0. The van der Waals surface area contributed by atoms with E-state index < -0.39 is 11.8 Å². The maximum absolute atomic E-state index is 11.9. The van der Waals surface area contributed by atoms with E-state index in [0.29, 0.717) is 50.4 Å². The van der Waals surface area contributed by atoms with Gasteiger partial charge in [0.25, 0.3) is 11.8 Å². The standard InChI is InChI=1S/C30H57N7O4/c1-23(15-11-7-3-5-9-13-17-25(31)38)27(29(33)40)36-21-19-35-20-22-37-28(30(34)41)24(2)16-12-8-4-6-10-14-18-26(32)39/h23-24,35H,3-22H2,1-2H3,(H2,31,38)(H2,32,39)(H2,33,40)(H2,34,41). The third kappa shape index (κ3) is 22.5. The Morgan fingerprint density at radius 3 is 1.17 bits per heavy atom. The molecule has 2 atom stereocenters. The fraction of sp³-hybridized carbons (Fsp3) is 0.800. The maximum Gasteiger partial charge on any atom is 0.262 e. The molecular formula is C30H57N7O4. The molecule has 0 aliphatic rings. The van der Waals surface area contributed by atoms with E-state index in [4.69, 9.17) is 22.9 Å². The van der Waals surface area contributed by atoms with Gasteiger partial charge < -0.3 is 28.3 Å². The van der Waals surface area contributed by atoms with E-state index in [1.807, 2.05) is 13.8 Å². The number of carbonyl (C=O) groups excluding carboxylic acids is 4. The van der Waals surface area contributed by atoms with Crippen LogP contribution in [0.5, 0.6) is 0 Å². The van der Waals surface area contributed by atoms with Crippen molar-refractivity contribution in [2.75, 3.05) is 26.2 Å². The molecule has 2 unspecified atom stereocenters. The number of nitrogens with one attached hydrogen (secondary N) is 1. The van der Waals surface area contributed by atoms with Gasteiger partial charge in [0.15, 0.2) is 0 Å². The molecule has 4 amide bonds. The SMILES string of the molecule is CC(CCCCCCCCC(N)=O)C(=NCCNCCN=C(C(N)=O)C(C)CCCCCCCCC(N)=O)C(N)=O. The van der Waals surface area contributed by atoms with Crippen molar-refractivity contribution >= 4 is 35.1 Å². The average Bonchev–Trinajstić information content (AvgIpc) is 2.89.